The largest absolute Gasteiger partial charge is 0.396 e. The molecule has 0 aromatic heterocycles. The van der Waals surface area contributed by atoms with Crippen LogP contribution in [-0.4, -0.2) is 24.2 Å². The van der Waals surface area contributed by atoms with E-state index in [2.05, 4.69) is 5.32 Å². The molecule has 0 atom stereocenters. The third kappa shape index (κ3) is 2.76. The fraction of sp³-hybridized carbons (Fsp3) is 0.417. The number of amides is 1. The van der Waals surface area contributed by atoms with Crippen LogP contribution in [0.15, 0.2) is 18.2 Å². The normalized spacial score (nSPS) is 16.6. The molecule has 2 rings (SSSR count). The molecule has 0 saturated heterocycles. The molecule has 2 N–H and O–H groups in total. The summed E-state index contributed by atoms with van der Waals surface area (Å²) >= 11 is 5.53. The van der Waals surface area contributed by atoms with Gasteiger partial charge in [-0.15, -0.1) is 0 Å². The second-order valence-electron chi connectivity index (χ2n) is 4.47. The number of carbonyl (C=O) groups is 1. The minimum Gasteiger partial charge on any atom is -0.396 e. The van der Waals surface area contributed by atoms with Gasteiger partial charge >= 0.3 is 0 Å². The van der Waals surface area contributed by atoms with Gasteiger partial charge in [-0.2, -0.15) is 0 Å². The zero-order chi connectivity index (χ0) is 12.5. The molecule has 0 spiro atoms. The highest BCUT2D eigenvalue weighted by atomic mass is 35.5. The number of hydrogen-bond donors (Lipinski definition) is 2. The second-order valence-corrected chi connectivity index (χ2v) is 4.88. The van der Waals surface area contributed by atoms with Gasteiger partial charge in [0.1, 0.15) is 5.82 Å². The molecule has 3 nitrogen and oxygen atoms in total. The highest BCUT2D eigenvalue weighted by molar-refractivity contribution is 6.30. The highest BCUT2D eigenvalue weighted by Gasteiger charge is 2.42. The van der Waals surface area contributed by atoms with Gasteiger partial charge < -0.3 is 10.4 Å². The third-order valence-corrected chi connectivity index (χ3v) is 3.40. The zero-order valence-electron chi connectivity index (χ0n) is 9.17. The van der Waals surface area contributed by atoms with Gasteiger partial charge in [-0.05, 0) is 31.0 Å². The first kappa shape index (κ1) is 12.3. The minimum absolute atomic E-state index is 0.00410. The van der Waals surface area contributed by atoms with Crippen LogP contribution in [0.4, 0.5) is 4.39 Å². The smallest absolute Gasteiger partial charge is 0.251 e. The van der Waals surface area contributed by atoms with Crippen molar-refractivity contribution in [1.82, 2.24) is 5.32 Å². The molecule has 1 amide bonds. The predicted molar refractivity (Wildman–Crippen MR) is 62.5 cm³/mol. The van der Waals surface area contributed by atoms with Gasteiger partial charge in [0.15, 0.2) is 0 Å². The summed E-state index contributed by atoms with van der Waals surface area (Å²) in [5.74, 6) is -0.956. The lowest BCUT2D eigenvalue weighted by Crippen LogP contribution is -2.31. The summed E-state index contributed by atoms with van der Waals surface area (Å²) in [5, 5.41) is 11.8. The number of aliphatic hydroxyl groups is 1. The molecule has 5 heteroatoms. The van der Waals surface area contributed by atoms with E-state index in [4.69, 9.17) is 16.7 Å². The van der Waals surface area contributed by atoms with Crippen LogP contribution in [0, 0.1) is 11.2 Å². The summed E-state index contributed by atoms with van der Waals surface area (Å²) in [4.78, 5) is 11.7. The summed E-state index contributed by atoms with van der Waals surface area (Å²) < 4.78 is 13.1. The number of nitrogens with one attached hydrogen (secondary N) is 1. The first-order valence-electron chi connectivity index (χ1n) is 5.40. The molecule has 0 bridgehead atoms. The highest BCUT2D eigenvalue weighted by Crippen LogP contribution is 2.44. The number of benzene rings is 1. The van der Waals surface area contributed by atoms with Crippen LogP contribution in [-0.2, 0) is 0 Å². The Bertz CT molecular complexity index is 446. The quantitative estimate of drug-likeness (QED) is 0.867. The molecule has 1 aliphatic carbocycles. The Morgan fingerprint density at radius 2 is 2.24 bits per heavy atom. The molecular weight excluding hydrogens is 245 g/mol. The lowest BCUT2D eigenvalue weighted by Gasteiger charge is -2.12. The average molecular weight is 258 g/mol. The Balaban J connectivity index is 1.97. The molecule has 1 saturated carbocycles. The van der Waals surface area contributed by atoms with Crippen molar-refractivity contribution < 1.29 is 14.3 Å². The Labute approximate surface area is 104 Å². The summed E-state index contributed by atoms with van der Waals surface area (Å²) in [6, 6.07) is 3.93. The lowest BCUT2D eigenvalue weighted by atomic mass is 10.1. The van der Waals surface area contributed by atoms with Crippen molar-refractivity contribution in [2.75, 3.05) is 13.2 Å². The third-order valence-electron chi connectivity index (χ3n) is 3.10. The molecule has 1 aliphatic rings. The zero-order valence-corrected chi connectivity index (χ0v) is 9.93. The van der Waals surface area contributed by atoms with E-state index in [1.54, 1.807) is 0 Å². The van der Waals surface area contributed by atoms with Crippen molar-refractivity contribution >= 4 is 17.5 Å². The molecule has 17 heavy (non-hydrogen) atoms. The standard InChI is InChI=1S/C12H13ClFNO2/c13-9-2-1-8(5-10(9)14)11(17)15-6-12(7-16)3-4-12/h1-2,5,16H,3-4,6-7H2,(H,15,17). The van der Waals surface area contributed by atoms with Gasteiger partial charge in [0.2, 0.25) is 0 Å². The topological polar surface area (TPSA) is 49.3 Å². The van der Waals surface area contributed by atoms with Crippen LogP contribution in [0.3, 0.4) is 0 Å². The van der Waals surface area contributed by atoms with Gasteiger partial charge in [-0.3, -0.25) is 4.79 Å². The molecule has 1 aromatic rings. The van der Waals surface area contributed by atoms with E-state index >= 15 is 0 Å². The Hall–Kier alpha value is -1.13. The van der Waals surface area contributed by atoms with Crippen LogP contribution >= 0.6 is 11.6 Å². The van der Waals surface area contributed by atoms with E-state index in [-0.39, 0.29) is 28.5 Å². The summed E-state index contributed by atoms with van der Waals surface area (Å²) in [5.41, 5.74) is 0.0846. The van der Waals surface area contributed by atoms with Crippen LogP contribution in [0.25, 0.3) is 0 Å². The van der Waals surface area contributed by atoms with Gasteiger partial charge in [0.05, 0.1) is 11.6 Å². The van der Waals surface area contributed by atoms with Crippen LogP contribution in [0.5, 0.6) is 0 Å². The molecule has 0 aliphatic heterocycles. The maximum Gasteiger partial charge on any atom is 0.251 e. The maximum absolute atomic E-state index is 13.1. The van der Waals surface area contributed by atoms with Crippen LogP contribution in [0.1, 0.15) is 23.2 Å². The number of halogens is 2. The number of aliphatic hydroxyl groups excluding tert-OH is 1. The molecule has 92 valence electrons. The van der Waals surface area contributed by atoms with Gasteiger partial charge in [-0.1, -0.05) is 11.6 Å². The van der Waals surface area contributed by atoms with Crippen LogP contribution < -0.4 is 5.32 Å². The van der Waals surface area contributed by atoms with Gasteiger partial charge in [-0.25, -0.2) is 4.39 Å². The fourth-order valence-electron chi connectivity index (χ4n) is 1.57. The van der Waals surface area contributed by atoms with Crippen molar-refractivity contribution in [3.8, 4) is 0 Å². The SMILES string of the molecule is O=C(NCC1(CO)CC1)c1ccc(Cl)c(F)c1. The van der Waals surface area contributed by atoms with E-state index in [1.165, 1.54) is 12.1 Å². The van der Waals surface area contributed by atoms with E-state index in [0.717, 1.165) is 18.9 Å². The van der Waals surface area contributed by atoms with Crippen molar-refractivity contribution in [3.63, 3.8) is 0 Å². The Kier molecular flexibility index (Phi) is 3.35. The lowest BCUT2D eigenvalue weighted by molar-refractivity contribution is 0.0935. The molecule has 0 heterocycles. The van der Waals surface area contributed by atoms with Crippen molar-refractivity contribution in [1.29, 1.82) is 0 Å². The predicted octanol–water partition coefficient (Wildman–Crippen LogP) is 1.98. The molecule has 0 unspecified atom stereocenters. The number of carbonyl (C=O) groups excluding carboxylic acids is 1. The first-order valence-corrected chi connectivity index (χ1v) is 5.78. The van der Waals surface area contributed by atoms with E-state index in [1.807, 2.05) is 0 Å². The molecular formula is C12H13ClFNO2. The average Bonchev–Trinajstić information content (AvgIpc) is 3.10. The maximum atomic E-state index is 13.1. The van der Waals surface area contributed by atoms with E-state index < -0.39 is 5.82 Å². The van der Waals surface area contributed by atoms with Crippen molar-refractivity contribution in [2.45, 2.75) is 12.8 Å². The fourth-order valence-corrected chi connectivity index (χ4v) is 1.69. The number of rotatable bonds is 4. The van der Waals surface area contributed by atoms with Gasteiger partial charge in [0, 0.05) is 17.5 Å². The van der Waals surface area contributed by atoms with Crippen molar-refractivity contribution in [3.05, 3.63) is 34.6 Å². The second kappa shape index (κ2) is 4.63. The van der Waals surface area contributed by atoms with E-state index in [0.29, 0.717) is 6.54 Å². The monoisotopic (exact) mass is 257 g/mol. The number of hydrogen-bond acceptors (Lipinski definition) is 2. The molecule has 0 radical (unpaired) electrons. The van der Waals surface area contributed by atoms with Crippen molar-refractivity contribution in [2.24, 2.45) is 5.41 Å². The molecule has 1 aromatic carbocycles. The summed E-state index contributed by atoms with van der Waals surface area (Å²) in [6.45, 7) is 0.495. The first-order chi connectivity index (χ1) is 8.06. The van der Waals surface area contributed by atoms with Gasteiger partial charge in [0.25, 0.3) is 5.91 Å². The Morgan fingerprint density at radius 1 is 1.53 bits per heavy atom. The minimum atomic E-state index is -0.609. The Morgan fingerprint density at radius 3 is 2.76 bits per heavy atom. The summed E-state index contributed by atoms with van der Waals surface area (Å²) in [7, 11) is 0. The van der Waals surface area contributed by atoms with Crippen LogP contribution in [0.2, 0.25) is 5.02 Å². The molecule has 1 fully saturated rings. The summed E-state index contributed by atoms with van der Waals surface area (Å²) in [6.07, 6.45) is 1.83. The van der Waals surface area contributed by atoms with E-state index in [9.17, 15) is 9.18 Å².